The van der Waals surface area contributed by atoms with Crippen molar-refractivity contribution in [3.63, 3.8) is 0 Å². The van der Waals surface area contributed by atoms with Gasteiger partial charge < -0.3 is 19.5 Å². The van der Waals surface area contributed by atoms with Crippen LogP contribution in [-0.4, -0.2) is 44.4 Å². The Morgan fingerprint density at radius 3 is 3.00 bits per heavy atom. The van der Waals surface area contributed by atoms with Gasteiger partial charge in [0, 0.05) is 5.56 Å². The molecule has 1 saturated heterocycles. The Morgan fingerprint density at radius 1 is 1.50 bits per heavy atom. The van der Waals surface area contributed by atoms with Crippen LogP contribution in [0, 0.1) is 10.6 Å². The zero-order valence-corrected chi connectivity index (χ0v) is 16.4. The number of ether oxygens (including phenoxy) is 1. The number of benzene rings is 1. The lowest BCUT2D eigenvalue weighted by Gasteiger charge is -2.28. The van der Waals surface area contributed by atoms with Gasteiger partial charge in [-0.1, -0.05) is 18.2 Å². The fraction of sp³-hybridized carbons (Fsp3) is 0.375. The molecule has 0 spiro atoms. The van der Waals surface area contributed by atoms with E-state index >= 15 is 4.39 Å². The zero-order chi connectivity index (χ0) is 24.4. The van der Waals surface area contributed by atoms with E-state index in [1.54, 1.807) is 12.1 Å². The highest BCUT2D eigenvalue weighted by atomic mass is 32.1. The van der Waals surface area contributed by atoms with Gasteiger partial charge in [-0.15, -0.1) is 0 Å². The van der Waals surface area contributed by atoms with E-state index in [2.05, 4.69) is 4.52 Å². The van der Waals surface area contributed by atoms with Gasteiger partial charge in [0.1, 0.15) is 24.5 Å². The Balaban J connectivity index is 1.68. The molecule has 2 aliphatic heterocycles. The third-order valence-corrected chi connectivity index (χ3v) is 5.66. The van der Waals surface area contributed by atoms with Gasteiger partial charge in [-0.25, -0.2) is 8.96 Å². The second-order valence-electron chi connectivity index (χ2n) is 6.19. The first-order valence-corrected chi connectivity index (χ1v) is 10.1. The Hall–Kier alpha value is -1.99. The monoisotopic (exact) mass is 467 g/mol. The molecule has 5 atom stereocenters. The van der Waals surface area contributed by atoms with Crippen molar-refractivity contribution in [2.75, 3.05) is 6.56 Å². The minimum Gasteiger partial charge on any atom is -0.404 e. The Labute approximate surface area is 176 Å². The number of para-hydroxylation sites is 1. The quantitative estimate of drug-likeness (QED) is 0.454. The van der Waals surface area contributed by atoms with Gasteiger partial charge in [0.15, 0.2) is 11.0 Å². The number of aliphatic hydroxyl groups is 2. The highest BCUT2D eigenvalue weighted by Crippen LogP contribution is 2.55. The predicted octanol–water partition coefficient (Wildman–Crippen LogP) is 1.70. The molecule has 1 unspecified atom stereocenters. The summed E-state index contributed by atoms with van der Waals surface area (Å²) in [7, 11) is -4.83. The first-order chi connectivity index (χ1) is 15.2. The standard InChI is InChI=1S/C16H15F2N2O8PS/c17-9-5-20(15(30)19-13(9)23)14-11(21)12(22)16(18,27-14)7-26-29(24)25-6-8-3-1-2-4-10(8)28-29/h1-5,11-12,14,21-22H,6-7H2,(H,19,23,30)/t11-,12+,14-,16-,29?/m1/s1/i7D2,14D. The zero-order valence-electron chi connectivity index (χ0n) is 17.7. The summed E-state index contributed by atoms with van der Waals surface area (Å²) in [6, 6.07) is 6.08. The van der Waals surface area contributed by atoms with Gasteiger partial charge in [-0.2, -0.15) is 4.39 Å². The molecule has 2 aliphatic rings. The number of aromatic nitrogens is 2. The van der Waals surface area contributed by atoms with Crippen LogP contribution in [0.4, 0.5) is 8.78 Å². The molecule has 4 rings (SSSR count). The van der Waals surface area contributed by atoms with Crippen LogP contribution in [0.1, 0.15) is 15.9 Å². The van der Waals surface area contributed by atoms with E-state index in [0.717, 1.165) is 0 Å². The summed E-state index contributed by atoms with van der Waals surface area (Å²) < 4.78 is 85.4. The lowest BCUT2D eigenvalue weighted by molar-refractivity contribution is -0.205. The summed E-state index contributed by atoms with van der Waals surface area (Å²) in [5.41, 5.74) is -0.849. The van der Waals surface area contributed by atoms with Crippen molar-refractivity contribution < 1.29 is 46.0 Å². The van der Waals surface area contributed by atoms with Crippen LogP contribution in [0.15, 0.2) is 35.3 Å². The number of phosphoric ester groups is 1. The Bertz CT molecular complexity index is 1280. The molecular weight excluding hydrogens is 449 g/mol. The number of aliphatic hydroxyl groups excluding tert-OH is 2. The molecule has 3 N–H and O–H groups in total. The topological polar surface area (TPSA) is 132 Å². The lowest BCUT2D eigenvalue weighted by atomic mass is 10.1. The van der Waals surface area contributed by atoms with E-state index in [9.17, 15) is 24.0 Å². The highest BCUT2D eigenvalue weighted by Gasteiger charge is 2.57. The van der Waals surface area contributed by atoms with Crippen molar-refractivity contribution in [1.29, 1.82) is 0 Å². The van der Waals surface area contributed by atoms with Crippen LogP contribution in [0.25, 0.3) is 0 Å². The van der Waals surface area contributed by atoms with Gasteiger partial charge in [-0.3, -0.25) is 23.4 Å². The van der Waals surface area contributed by atoms with E-state index < -0.39 is 54.8 Å². The van der Waals surface area contributed by atoms with Crippen molar-refractivity contribution in [2.24, 2.45) is 0 Å². The maximum absolute atomic E-state index is 15.8. The Kier molecular flexibility index (Phi) is 4.48. The van der Waals surface area contributed by atoms with E-state index in [-0.39, 0.29) is 16.9 Å². The van der Waals surface area contributed by atoms with Gasteiger partial charge in [-0.05, 0) is 18.3 Å². The average Bonchev–Trinajstić information content (AvgIpc) is 2.91. The summed E-state index contributed by atoms with van der Waals surface area (Å²) in [6.07, 6.45) is -8.31. The van der Waals surface area contributed by atoms with Crippen LogP contribution in [0.5, 0.6) is 5.75 Å². The Morgan fingerprint density at radius 2 is 2.23 bits per heavy atom. The van der Waals surface area contributed by atoms with Crippen molar-refractivity contribution in [3.05, 3.63) is 57.0 Å². The molecule has 2 aromatic rings. The third kappa shape index (κ3) is 3.73. The van der Waals surface area contributed by atoms with Crippen molar-refractivity contribution >= 4 is 20.0 Å². The second kappa shape index (κ2) is 7.61. The largest absolute Gasteiger partial charge is 0.530 e. The molecule has 14 heteroatoms. The number of rotatable bonds is 4. The molecule has 0 bridgehead atoms. The maximum Gasteiger partial charge on any atom is 0.530 e. The number of nitrogens with one attached hydrogen (secondary N) is 1. The summed E-state index contributed by atoms with van der Waals surface area (Å²) in [6.45, 7) is -4.20. The number of hydrogen-bond acceptors (Lipinski definition) is 9. The fourth-order valence-electron chi connectivity index (χ4n) is 2.67. The molecule has 162 valence electrons. The number of aromatic amines is 1. The normalized spacial score (nSPS) is 37.5. The summed E-state index contributed by atoms with van der Waals surface area (Å²) in [5.74, 6) is -5.56. The van der Waals surface area contributed by atoms with Gasteiger partial charge in [0.2, 0.25) is 5.82 Å². The van der Waals surface area contributed by atoms with Crippen LogP contribution < -0.4 is 10.1 Å². The summed E-state index contributed by atoms with van der Waals surface area (Å²) in [5, 5.41) is 20.6. The first-order valence-electron chi connectivity index (χ1n) is 9.72. The number of phosphoric acid groups is 1. The SMILES string of the molecule is [2H]C([2H])(OP1(=O)OCc2ccccc2O1)[C@@]1(F)O[C@@]([2H])(n2cc(F)c(=O)[nH]c2=S)[C@H](O)[C@@H]1O. The molecular formula is C16H15F2N2O8PS. The molecule has 3 heterocycles. The maximum atomic E-state index is 15.8. The molecule has 0 radical (unpaired) electrons. The number of alkyl halides is 1. The summed E-state index contributed by atoms with van der Waals surface area (Å²) in [4.78, 5) is 13.2. The molecule has 0 aliphatic carbocycles. The number of fused-ring (bicyclic) bond motifs is 1. The van der Waals surface area contributed by atoms with Crippen LogP contribution >= 0.6 is 20.0 Å². The lowest BCUT2D eigenvalue weighted by Crippen LogP contribution is -2.43. The number of nitrogens with zero attached hydrogens (tertiary/aromatic N) is 1. The van der Waals surface area contributed by atoms with Crippen LogP contribution in [0.2, 0.25) is 0 Å². The number of hydrogen-bond donors (Lipinski definition) is 3. The molecule has 0 amide bonds. The van der Waals surface area contributed by atoms with Crippen LogP contribution in [-0.2, 0) is 25.0 Å². The molecule has 30 heavy (non-hydrogen) atoms. The predicted molar refractivity (Wildman–Crippen MR) is 97.2 cm³/mol. The molecule has 1 aromatic carbocycles. The van der Waals surface area contributed by atoms with Gasteiger partial charge >= 0.3 is 7.82 Å². The minimum absolute atomic E-state index is 0.00794. The summed E-state index contributed by atoms with van der Waals surface area (Å²) >= 11 is 4.77. The molecule has 1 aromatic heterocycles. The van der Waals surface area contributed by atoms with Crippen LogP contribution in [0.3, 0.4) is 0 Å². The average molecular weight is 467 g/mol. The van der Waals surface area contributed by atoms with Gasteiger partial charge in [0.25, 0.3) is 11.4 Å². The van der Waals surface area contributed by atoms with Crippen molar-refractivity contribution in [1.82, 2.24) is 9.55 Å². The fourth-order valence-corrected chi connectivity index (χ4v) is 4.00. The van der Waals surface area contributed by atoms with E-state index in [1.807, 2.05) is 4.98 Å². The highest BCUT2D eigenvalue weighted by molar-refractivity contribution is 7.71. The molecule has 10 nitrogen and oxygen atoms in total. The second-order valence-corrected chi connectivity index (χ2v) is 8.10. The smallest absolute Gasteiger partial charge is 0.404 e. The van der Waals surface area contributed by atoms with E-state index in [1.165, 1.54) is 12.1 Å². The van der Waals surface area contributed by atoms with E-state index in [4.69, 9.17) is 30.1 Å². The van der Waals surface area contributed by atoms with E-state index in [0.29, 0.717) is 11.8 Å². The van der Waals surface area contributed by atoms with Crippen molar-refractivity contribution in [3.8, 4) is 5.75 Å². The van der Waals surface area contributed by atoms with Crippen molar-refractivity contribution in [2.45, 2.75) is 30.9 Å². The third-order valence-electron chi connectivity index (χ3n) is 4.18. The number of H-pyrrole nitrogens is 1. The molecule has 0 saturated carbocycles. The number of halogens is 2. The first kappa shape index (κ1) is 17.7. The molecule has 1 fully saturated rings. The minimum atomic E-state index is -4.83. The van der Waals surface area contributed by atoms with Gasteiger partial charge in [0.05, 0.1) is 16.9 Å².